The summed E-state index contributed by atoms with van der Waals surface area (Å²) in [7, 11) is 0. The maximum Gasteiger partial charge on any atom is 0.0771 e. The zero-order chi connectivity index (χ0) is 9.86. The van der Waals surface area contributed by atoms with Crippen LogP contribution in [-0.2, 0) is 0 Å². The average Bonchev–Trinajstić information content (AvgIpc) is 2.49. The second kappa shape index (κ2) is 4.63. The lowest BCUT2D eigenvalue weighted by Crippen LogP contribution is -2.38. The molecule has 0 aromatic carbocycles. The molecule has 2 rings (SSSR count). The maximum atomic E-state index is 10.1. The minimum absolute atomic E-state index is 0.361. The van der Waals surface area contributed by atoms with Crippen LogP contribution in [0.2, 0.25) is 0 Å². The quantitative estimate of drug-likeness (QED) is 0.661. The van der Waals surface area contributed by atoms with Gasteiger partial charge in [-0.25, -0.2) is 0 Å². The first-order valence-electron chi connectivity index (χ1n) is 6.22. The fraction of sp³-hybridized carbons (Fsp3) is 1.00. The third kappa shape index (κ3) is 2.71. The summed E-state index contributed by atoms with van der Waals surface area (Å²) in [4.78, 5) is 0. The van der Waals surface area contributed by atoms with Crippen LogP contribution in [0.3, 0.4) is 0 Å². The lowest BCUT2D eigenvalue weighted by Gasteiger charge is -2.27. The van der Waals surface area contributed by atoms with Crippen LogP contribution in [0.15, 0.2) is 0 Å². The average molecular weight is 197 g/mol. The van der Waals surface area contributed by atoms with Crippen molar-refractivity contribution in [3.05, 3.63) is 0 Å². The summed E-state index contributed by atoms with van der Waals surface area (Å²) in [5.41, 5.74) is -0.361. The fourth-order valence-electron chi connectivity index (χ4n) is 2.62. The van der Waals surface area contributed by atoms with E-state index in [9.17, 15) is 5.11 Å². The Hall–Kier alpha value is -0.0800. The molecule has 2 N–H and O–H groups in total. The Balaban J connectivity index is 1.53. The van der Waals surface area contributed by atoms with Gasteiger partial charge in [-0.15, -0.1) is 0 Å². The van der Waals surface area contributed by atoms with E-state index in [0.717, 1.165) is 31.8 Å². The molecule has 14 heavy (non-hydrogen) atoms. The van der Waals surface area contributed by atoms with Crippen LogP contribution < -0.4 is 5.32 Å². The summed E-state index contributed by atoms with van der Waals surface area (Å²) in [6.45, 7) is 1.92. The van der Waals surface area contributed by atoms with E-state index in [1.807, 2.05) is 0 Å². The molecule has 82 valence electrons. The van der Waals surface area contributed by atoms with Crippen molar-refractivity contribution in [2.24, 2.45) is 5.92 Å². The molecule has 2 nitrogen and oxygen atoms in total. The summed E-state index contributed by atoms with van der Waals surface area (Å²) in [5.74, 6) is 0.987. The first-order chi connectivity index (χ1) is 6.79. The van der Waals surface area contributed by atoms with E-state index in [4.69, 9.17) is 0 Å². The first kappa shape index (κ1) is 10.4. The highest BCUT2D eigenvalue weighted by Crippen LogP contribution is 2.30. The Morgan fingerprint density at radius 3 is 2.43 bits per heavy atom. The van der Waals surface area contributed by atoms with Crippen molar-refractivity contribution in [2.75, 3.05) is 13.1 Å². The van der Waals surface area contributed by atoms with Gasteiger partial charge in [-0.1, -0.05) is 32.1 Å². The van der Waals surface area contributed by atoms with E-state index in [1.54, 1.807) is 0 Å². The minimum atomic E-state index is -0.361. The van der Waals surface area contributed by atoms with Gasteiger partial charge in [0, 0.05) is 6.54 Å². The van der Waals surface area contributed by atoms with Gasteiger partial charge >= 0.3 is 0 Å². The van der Waals surface area contributed by atoms with Crippen LogP contribution in [0, 0.1) is 5.92 Å². The topological polar surface area (TPSA) is 32.3 Å². The second-order valence-corrected chi connectivity index (χ2v) is 5.19. The summed E-state index contributed by atoms with van der Waals surface area (Å²) in [5, 5.41) is 13.5. The molecule has 2 fully saturated rings. The van der Waals surface area contributed by atoms with E-state index < -0.39 is 0 Å². The molecule has 0 saturated heterocycles. The molecule has 0 aromatic heterocycles. The van der Waals surface area contributed by atoms with Crippen molar-refractivity contribution in [3.63, 3.8) is 0 Å². The minimum Gasteiger partial charge on any atom is -0.389 e. The Kier molecular flexibility index (Phi) is 3.45. The smallest absolute Gasteiger partial charge is 0.0771 e. The van der Waals surface area contributed by atoms with Crippen molar-refractivity contribution in [1.29, 1.82) is 0 Å². The third-order valence-electron chi connectivity index (χ3n) is 3.94. The number of hydrogen-bond donors (Lipinski definition) is 2. The molecule has 2 aliphatic carbocycles. The van der Waals surface area contributed by atoms with E-state index in [1.165, 1.54) is 38.5 Å². The molecular formula is C12H23NO. The molecule has 0 spiro atoms. The molecule has 2 aliphatic rings. The van der Waals surface area contributed by atoms with Crippen molar-refractivity contribution >= 4 is 0 Å². The lowest BCUT2D eigenvalue weighted by atomic mass is 9.83. The Labute approximate surface area is 87.1 Å². The van der Waals surface area contributed by atoms with E-state index in [2.05, 4.69) is 5.32 Å². The lowest BCUT2D eigenvalue weighted by molar-refractivity contribution is 0.0473. The van der Waals surface area contributed by atoms with Crippen molar-refractivity contribution < 1.29 is 5.11 Å². The zero-order valence-corrected chi connectivity index (χ0v) is 9.10. The van der Waals surface area contributed by atoms with Gasteiger partial charge in [-0.3, -0.25) is 0 Å². The van der Waals surface area contributed by atoms with E-state index >= 15 is 0 Å². The Morgan fingerprint density at radius 2 is 1.86 bits per heavy atom. The molecule has 0 bridgehead atoms. The van der Waals surface area contributed by atoms with Crippen molar-refractivity contribution in [1.82, 2.24) is 5.32 Å². The molecule has 0 aromatic rings. The van der Waals surface area contributed by atoms with Crippen LogP contribution in [0.4, 0.5) is 0 Å². The Morgan fingerprint density at radius 1 is 1.14 bits per heavy atom. The maximum absolute atomic E-state index is 10.1. The van der Waals surface area contributed by atoms with Crippen LogP contribution in [0.1, 0.15) is 51.4 Å². The highest BCUT2D eigenvalue weighted by Gasteiger charge is 2.30. The molecule has 0 aliphatic heterocycles. The van der Waals surface area contributed by atoms with Crippen molar-refractivity contribution in [3.8, 4) is 0 Å². The highest BCUT2D eigenvalue weighted by atomic mass is 16.3. The van der Waals surface area contributed by atoms with Crippen LogP contribution in [0.5, 0.6) is 0 Å². The third-order valence-corrected chi connectivity index (χ3v) is 3.94. The number of nitrogens with one attached hydrogen (secondary N) is 1. The van der Waals surface area contributed by atoms with Gasteiger partial charge in [-0.05, 0) is 31.7 Å². The normalized spacial score (nSPS) is 26.4. The summed E-state index contributed by atoms with van der Waals surface area (Å²) < 4.78 is 0. The van der Waals surface area contributed by atoms with Crippen LogP contribution >= 0.6 is 0 Å². The predicted octanol–water partition coefficient (Wildman–Crippen LogP) is 2.07. The molecule has 2 saturated carbocycles. The van der Waals surface area contributed by atoms with Gasteiger partial charge in [0.15, 0.2) is 0 Å². The Bertz CT molecular complexity index is 171. The number of hydrogen-bond acceptors (Lipinski definition) is 2. The molecular weight excluding hydrogens is 174 g/mol. The summed E-state index contributed by atoms with van der Waals surface area (Å²) in [6, 6.07) is 0. The van der Waals surface area contributed by atoms with Gasteiger partial charge in [-0.2, -0.15) is 0 Å². The fourth-order valence-corrected chi connectivity index (χ4v) is 2.62. The second-order valence-electron chi connectivity index (χ2n) is 5.19. The standard InChI is InChI=1S/C12H23NO/c14-12(7-1-2-8-12)10-13-9-6-11-4-3-5-11/h11,13-14H,1-10H2. The summed E-state index contributed by atoms with van der Waals surface area (Å²) in [6.07, 6.45) is 10.1. The largest absolute Gasteiger partial charge is 0.389 e. The highest BCUT2D eigenvalue weighted by molar-refractivity contribution is 4.86. The van der Waals surface area contributed by atoms with Gasteiger partial charge in [0.1, 0.15) is 0 Å². The molecule has 2 heteroatoms. The summed E-state index contributed by atoms with van der Waals surface area (Å²) >= 11 is 0. The van der Waals surface area contributed by atoms with E-state index in [0.29, 0.717) is 0 Å². The molecule has 0 amide bonds. The first-order valence-corrected chi connectivity index (χ1v) is 6.22. The molecule has 0 radical (unpaired) electrons. The van der Waals surface area contributed by atoms with E-state index in [-0.39, 0.29) is 5.60 Å². The SMILES string of the molecule is OC1(CNCCC2CCC2)CCCC1. The van der Waals surface area contributed by atoms with Crippen molar-refractivity contribution in [2.45, 2.75) is 57.0 Å². The molecule has 0 unspecified atom stereocenters. The van der Waals surface area contributed by atoms with Gasteiger partial charge in [0.2, 0.25) is 0 Å². The monoisotopic (exact) mass is 197 g/mol. The van der Waals surface area contributed by atoms with Gasteiger partial charge in [0.25, 0.3) is 0 Å². The number of rotatable bonds is 5. The predicted molar refractivity (Wildman–Crippen MR) is 58.2 cm³/mol. The number of aliphatic hydroxyl groups is 1. The van der Waals surface area contributed by atoms with Gasteiger partial charge < -0.3 is 10.4 Å². The molecule has 0 heterocycles. The molecule has 0 atom stereocenters. The van der Waals surface area contributed by atoms with Crippen LogP contribution in [-0.4, -0.2) is 23.8 Å². The van der Waals surface area contributed by atoms with Crippen LogP contribution in [0.25, 0.3) is 0 Å². The van der Waals surface area contributed by atoms with Gasteiger partial charge in [0.05, 0.1) is 5.60 Å². The zero-order valence-electron chi connectivity index (χ0n) is 9.10.